The Morgan fingerprint density at radius 1 is 1.08 bits per heavy atom. The standard InChI is InChI=1S/C45H74N4O12S/c1-7-34(51)31(5)42-35(59-42)25-28(2)11-10-12-29(3)41-30(4)15-16-37(45(6,56)18-17-32(50)26-39(53)61-41)60-44(55)47-20-22-58-24-23-57-21-19-46-38(52)14-9-8-13-36-40-33(27-62-36)48-43(54)49-40/h10-12,15-16,28,30-37,40-42,50-51,56H,7-9,13-14,17-27H2,1-6H3,(H,46,52)(H,47,55)(H2,48,49,54)/b11-10+,16-15-,29-12+/t28?,30?,31?,32?,33-,34?,35?,36-,37?,40-,41?,42?,45?/m0/s1. The molecule has 4 aliphatic rings. The number of fused-ring (bicyclic) bond motifs is 1. The van der Waals surface area contributed by atoms with E-state index in [1.807, 2.05) is 51.6 Å². The van der Waals surface area contributed by atoms with Crippen LogP contribution in [0.3, 0.4) is 0 Å². The number of unbranched alkanes of at least 4 members (excludes halogenated alkanes) is 1. The predicted octanol–water partition coefficient (Wildman–Crippen LogP) is 4.06. The Morgan fingerprint density at radius 2 is 1.81 bits per heavy atom. The Bertz CT molecular complexity index is 1530. The molecule has 4 rings (SSSR count). The van der Waals surface area contributed by atoms with Gasteiger partial charge in [-0.3, -0.25) is 9.59 Å². The lowest BCUT2D eigenvalue weighted by Gasteiger charge is -2.32. The van der Waals surface area contributed by atoms with Gasteiger partial charge in [0.1, 0.15) is 11.7 Å². The molecule has 352 valence electrons. The fraction of sp³-hybridized carbons (Fsp3) is 0.778. The van der Waals surface area contributed by atoms with Crippen LogP contribution in [0.4, 0.5) is 9.59 Å². The number of aliphatic hydroxyl groups excluding tert-OH is 2. The van der Waals surface area contributed by atoms with Crippen LogP contribution in [-0.2, 0) is 33.3 Å². The molecule has 0 aliphatic carbocycles. The van der Waals surface area contributed by atoms with Gasteiger partial charge in [-0.25, -0.2) is 9.59 Å². The van der Waals surface area contributed by atoms with Crippen molar-refractivity contribution < 1.29 is 58.2 Å². The summed E-state index contributed by atoms with van der Waals surface area (Å²) in [6.45, 7) is 13.0. The third-order valence-electron chi connectivity index (χ3n) is 12.1. The normalized spacial score (nSPS) is 32.3. The first kappa shape index (κ1) is 51.4. The van der Waals surface area contributed by atoms with Crippen LogP contribution in [0, 0.1) is 17.8 Å². The van der Waals surface area contributed by atoms with Crippen molar-refractivity contribution >= 4 is 35.8 Å². The molecular formula is C45H74N4O12S. The lowest BCUT2D eigenvalue weighted by molar-refractivity contribution is -0.151. The van der Waals surface area contributed by atoms with E-state index in [4.69, 9.17) is 23.7 Å². The van der Waals surface area contributed by atoms with Crippen LogP contribution in [0.2, 0.25) is 0 Å². The number of cyclic esters (lactones) is 1. The lowest BCUT2D eigenvalue weighted by Crippen LogP contribution is -2.44. The molecular weight excluding hydrogens is 821 g/mol. The van der Waals surface area contributed by atoms with Gasteiger partial charge in [-0.1, -0.05) is 58.4 Å². The summed E-state index contributed by atoms with van der Waals surface area (Å²) in [5.41, 5.74) is -0.770. The number of esters is 1. The lowest BCUT2D eigenvalue weighted by atomic mass is 9.88. The van der Waals surface area contributed by atoms with Crippen molar-refractivity contribution in [1.82, 2.24) is 21.3 Å². The van der Waals surface area contributed by atoms with Gasteiger partial charge in [-0.05, 0) is 69.9 Å². The number of rotatable bonds is 23. The second-order valence-electron chi connectivity index (χ2n) is 17.6. The number of allylic oxidation sites excluding steroid dienone is 3. The number of hydrogen-bond acceptors (Lipinski definition) is 13. The average molecular weight is 895 g/mol. The topological polar surface area (TPSA) is 227 Å². The summed E-state index contributed by atoms with van der Waals surface area (Å²) < 4.78 is 28.5. The highest BCUT2D eigenvalue weighted by Crippen LogP contribution is 2.37. The molecule has 17 heteroatoms. The Balaban J connectivity index is 1.13. The summed E-state index contributed by atoms with van der Waals surface area (Å²) in [6, 6.07) is 0.306. The monoisotopic (exact) mass is 895 g/mol. The SMILES string of the molecule is CCC(O)C(C)C1OC1CC(C)/C=C/C=C(\C)C1OC(=O)CC(O)CCC(C)(O)C(OC(=O)NCCOCCOCCNC(=O)CCCC[C@@H]2SC[C@@H]3NC(=O)N[C@@H]32)/C=C\C1C. The van der Waals surface area contributed by atoms with E-state index in [1.54, 1.807) is 12.2 Å². The molecule has 0 aromatic rings. The van der Waals surface area contributed by atoms with E-state index in [-0.39, 0.29) is 99.1 Å². The summed E-state index contributed by atoms with van der Waals surface area (Å²) in [5.74, 6) is 0.301. The summed E-state index contributed by atoms with van der Waals surface area (Å²) >= 11 is 1.87. The zero-order valence-electron chi connectivity index (χ0n) is 37.6. The first-order valence-electron chi connectivity index (χ1n) is 22.6. The molecule has 7 N–H and O–H groups in total. The average Bonchev–Trinajstić information content (AvgIpc) is 3.74. The van der Waals surface area contributed by atoms with Gasteiger partial charge in [0, 0.05) is 42.3 Å². The molecule has 0 spiro atoms. The third-order valence-corrected chi connectivity index (χ3v) is 13.6. The Morgan fingerprint density at radius 3 is 2.53 bits per heavy atom. The minimum Gasteiger partial charge on any atom is -0.457 e. The number of thioether (sulfide) groups is 1. The van der Waals surface area contributed by atoms with E-state index in [0.717, 1.165) is 37.0 Å². The number of alkyl carbamates (subject to hydrolysis) is 1. The van der Waals surface area contributed by atoms with Gasteiger partial charge in [0.2, 0.25) is 5.91 Å². The van der Waals surface area contributed by atoms with Gasteiger partial charge in [0.05, 0.1) is 69.3 Å². The number of nitrogens with one attached hydrogen (secondary N) is 4. The van der Waals surface area contributed by atoms with Crippen molar-refractivity contribution in [3.63, 3.8) is 0 Å². The van der Waals surface area contributed by atoms with Crippen molar-refractivity contribution in [2.45, 2.75) is 159 Å². The quantitative estimate of drug-likeness (QED) is 0.0192. The van der Waals surface area contributed by atoms with Crippen molar-refractivity contribution in [2.75, 3.05) is 45.3 Å². The van der Waals surface area contributed by atoms with Gasteiger partial charge >= 0.3 is 18.1 Å². The highest BCUT2D eigenvalue weighted by atomic mass is 32.2. The molecule has 0 radical (unpaired) electrons. The number of ether oxygens (including phenoxy) is 5. The highest BCUT2D eigenvalue weighted by molar-refractivity contribution is 8.00. The van der Waals surface area contributed by atoms with Crippen molar-refractivity contribution in [1.29, 1.82) is 0 Å². The molecule has 3 saturated heterocycles. The Labute approximate surface area is 372 Å². The van der Waals surface area contributed by atoms with Gasteiger partial charge in [-0.2, -0.15) is 11.8 Å². The van der Waals surface area contributed by atoms with Gasteiger partial charge in [0.15, 0.2) is 6.10 Å². The van der Waals surface area contributed by atoms with Crippen LogP contribution in [-0.4, -0.2) is 144 Å². The first-order chi connectivity index (χ1) is 29.6. The molecule has 16 nitrogen and oxygen atoms in total. The number of amides is 4. The Kier molecular flexibility index (Phi) is 21.5. The summed E-state index contributed by atoms with van der Waals surface area (Å²) in [4.78, 5) is 49.5. The van der Waals surface area contributed by atoms with Gasteiger partial charge < -0.3 is 60.3 Å². The smallest absolute Gasteiger partial charge is 0.407 e. The van der Waals surface area contributed by atoms with Crippen LogP contribution < -0.4 is 21.3 Å². The number of urea groups is 1. The van der Waals surface area contributed by atoms with Crippen molar-refractivity contribution in [3.05, 3.63) is 36.0 Å². The molecule has 13 atom stereocenters. The van der Waals surface area contributed by atoms with E-state index in [1.165, 1.54) is 6.92 Å². The summed E-state index contributed by atoms with van der Waals surface area (Å²) in [5, 5.41) is 44.1. The van der Waals surface area contributed by atoms with E-state index in [9.17, 15) is 34.5 Å². The molecule has 62 heavy (non-hydrogen) atoms. The molecule has 4 aliphatic heterocycles. The minimum absolute atomic E-state index is 0.0166. The largest absolute Gasteiger partial charge is 0.457 e. The fourth-order valence-electron chi connectivity index (χ4n) is 8.12. The van der Waals surface area contributed by atoms with Gasteiger partial charge in [-0.15, -0.1) is 0 Å². The second kappa shape index (κ2) is 25.9. The highest BCUT2D eigenvalue weighted by Gasteiger charge is 2.45. The van der Waals surface area contributed by atoms with E-state index in [0.29, 0.717) is 37.9 Å². The molecule has 0 saturated carbocycles. The molecule has 4 amide bonds. The summed E-state index contributed by atoms with van der Waals surface area (Å²) in [6.07, 6.45) is 10.1. The van der Waals surface area contributed by atoms with E-state index >= 15 is 0 Å². The van der Waals surface area contributed by atoms with E-state index < -0.39 is 36.0 Å². The number of epoxide rings is 1. The van der Waals surface area contributed by atoms with Crippen LogP contribution >= 0.6 is 11.8 Å². The van der Waals surface area contributed by atoms with Crippen molar-refractivity contribution in [2.24, 2.45) is 17.8 Å². The van der Waals surface area contributed by atoms with Crippen LogP contribution in [0.25, 0.3) is 0 Å². The molecule has 4 heterocycles. The molecule has 0 aromatic heterocycles. The zero-order chi connectivity index (χ0) is 45.2. The maximum absolute atomic E-state index is 12.9. The Hall–Kier alpha value is -3.19. The third kappa shape index (κ3) is 17.4. The van der Waals surface area contributed by atoms with Crippen molar-refractivity contribution in [3.8, 4) is 0 Å². The van der Waals surface area contributed by atoms with Gasteiger partial charge in [0.25, 0.3) is 0 Å². The summed E-state index contributed by atoms with van der Waals surface area (Å²) in [7, 11) is 0. The van der Waals surface area contributed by atoms with Crippen LogP contribution in [0.5, 0.6) is 0 Å². The molecule has 0 aromatic carbocycles. The number of hydrogen-bond donors (Lipinski definition) is 7. The maximum Gasteiger partial charge on any atom is 0.407 e. The molecule has 10 unspecified atom stereocenters. The van der Waals surface area contributed by atoms with Crippen LogP contribution in [0.15, 0.2) is 36.0 Å². The molecule has 0 bridgehead atoms. The first-order valence-corrected chi connectivity index (χ1v) is 23.6. The molecule has 3 fully saturated rings. The zero-order valence-corrected chi connectivity index (χ0v) is 38.4. The second-order valence-corrected chi connectivity index (χ2v) is 18.9. The number of aliphatic hydroxyl groups is 3. The predicted molar refractivity (Wildman–Crippen MR) is 236 cm³/mol. The minimum atomic E-state index is -1.55. The van der Waals surface area contributed by atoms with Crippen LogP contribution in [0.1, 0.15) is 99.3 Å². The number of carbonyl (C=O) groups is 4. The number of carbonyl (C=O) groups excluding carboxylic acids is 4. The van der Waals surface area contributed by atoms with E-state index in [2.05, 4.69) is 34.3 Å². The maximum atomic E-state index is 12.9. The fourth-order valence-corrected chi connectivity index (χ4v) is 9.66.